The first-order valence-electron chi connectivity index (χ1n) is 5.38. The van der Waals surface area contributed by atoms with E-state index >= 15 is 0 Å². The Balaban J connectivity index is 2.28. The van der Waals surface area contributed by atoms with E-state index in [2.05, 4.69) is 9.97 Å². The van der Waals surface area contributed by atoms with E-state index in [9.17, 15) is 14.9 Å². The van der Waals surface area contributed by atoms with Gasteiger partial charge >= 0.3 is 5.97 Å². The first kappa shape index (κ1) is 14.4. The molecule has 0 fully saturated rings. The van der Waals surface area contributed by atoms with Crippen molar-refractivity contribution in [2.45, 2.75) is 23.2 Å². The van der Waals surface area contributed by atoms with Gasteiger partial charge in [-0.3, -0.25) is 10.1 Å². The molecule has 2 aromatic heterocycles. The number of hydrogen-bond acceptors (Lipinski definition) is 7. The maximum absolute atomic E-state index is 10.9. The summed E-state index contributed by atoms with van der Waals surface area (Å²) in [6.45, 7) is 3.33. The molecule has 104 valence electrons. The molecular formula is C11H9N3O4S2. The number of carboxylic acids is 1. The average Bonchev–Trinajstić information content (AvgIpc) is 2.73. The average molecular weight is 311 g/mol. The van der Waals surface area contributed by atoms with Crippen molar-refractivity contribution in [3.05, 3.63) is 38.5 Å². The Bertz CT molecular complexity index is 699. The fourth-order valence-electron chi connectivity index (χ4n) is 1.45. The van der Waals surface area contributed by atoms with Crippen LogP contribution < -0.4 is 0 Å². The van der Waals surface area contributed by atoms with Crippen molar-refractivity contribution >= 4 is 34.8 Å². The highest BCUT2D eigenvalue weighted by atomic mass is 32.2. The molecular weight excluding hydrogens is 302 g/mol. The Morgan fingerprint density at radius 2 is 2.20 bits per heavy atom. The molecule has 2 rings (SSSR count). The summed E-state index contributed by atoms with van der Waals surface area (Å²) < 4.78 is 0.546. The molecule has 0 amide bonds. The lowest BCUT2D eigenvalue weighted by molar-refractivity contribution is -0.385. The van der Waals surface area contributed by atoms with Crippen LogP contribution in [0, 0.1) is 24.0 Å². The molecule has 0 aliphatic carbocycles. The summed E-state index contributed by atoms with van der Waals surface area (Å²) in [5.41, 5.74) is 1.02. The Kier molecular flexibility index (Phi) is 4.00. The van der Waals surface area contributed by atoms with Crippen LogP contribution in [0.1, 0.15) is 20.9 Å². The molecule has 7 nitrogen and oxygen atoms in total. The van der Waals surface area contributed by atoms with Crippen LogP contribution in [0.15, 0.2) is 21.6 Å². The molecule has 0 radical (unpaired) electrons. The van der Waals surface area contributed by atoms with Gasteiger partial charge in [0.05, 0.1) is 10.6 Å². The molecule has 2 aromatic rings. The summed E-state index contributed by atoms with van der Waals surface area (Å²) in [5.74, 6) is -1.01. The van der Waals surface area contributed by atoms with E-state index in [4.69, 9.17) is 5.11 Å². The van der Waals surface area contributed by atoms with Crippen molar-refractivity contribution in [3.8, 4) is 0 Å². The smallest absolute Gasteiger partial charge is 0.347 e. The van der Waals surface area contributed by atoms with Gasteiger partial charge in [0.25, 0.3) is 5.69 Å². The zero-order chi connectivity index (χ0) is 14.9. The van der Waals surface area contributed by atoms with E-state index in [-0.39, 0.29) is 10.6 Å². The molecule has 0 spiro atoms. The molecule has 0 aliphatic rings. The Morgan fingerprint density at radius 1 is 1.50 bits per heavy atom. The lowest BCUT2D eigenvalue weighted by Gasteiger charge is -2.01. The number of aromatic nitrogens is 2. The second-order valence-electron chi connectivity index (χ2n) is 3.87. The normalized spacial score (nSPS) is 10.5. The monoisotopic (exact) mass is 311 g/mol. The molecule has 2 heterocycles. The zero-order valence-electron chi connectivity index (χ0n) is 10.5. The molecule has 0 saturated heterocycles. The maximum Gasteiger partial charge on any atom is 0.347 e. The number of nitrogens with zero attached hydrogens (tertiary/aromatic N) is 3. The second kappa shape index (κ2) is 5.55. The maximum atomic E-state index is 10.9. The van der Waals surface area contributed by atoms with E-state index in [0.29, 0.717) is 20.6 Å². The van der Waals surface area contributed by atoms with Crippen molar-refractivity contribution in [2.24, 2.45) is 0 Å². The highest BCUT2D eigenvalue weighted by molar-refractivity contribution is 8.01. The van der Waals surface area contributed by atoms with Gasteiger partial charge in [-0.2, -0.15) is 0 Å². The Labute approximate surface area is 121 Å². The van der Waals surface area contributed by atoms with E-state index < -0.39 is 10.9 Å². The van der Waals surface area contributed by atoms with Crippen molar-refractivity contribution in [3.63, 3.8) is 0 Å². The summed E-state index contributed by atoms with van der Waals surface area (Å²) >= 11 is 2.26. The number of pyridine rings is 1. The van der Waals surface area contributed by atoms with Crippen LogP contribution >= 0.6 is 23.1 Å². The Hall–Kier alpha value is -2.00. The van der Waals surface area contributed by atoms with Crippen LogP contribution in [0.25, 0.3) is 0 Å². The second-order valence-corrected chi connectivity index (χ2v) is 6.11. The molecule has 0 saturated carbocycles. The third-order valence-corrected chi connectivity index (χ3v) is 4.71. The molecule has 0 bridgehead atoms. The summed E-state index contributed by atoms with van der Waals surface area (Å²) in [6, 6.07) is 1.42. The van der Waals surface area contributed by atoms with Crippen LogP contribution in [0.5, 0.6) is 0 Å². The first-order chi connectivity index (χ1) is 9.38. The number of thiazole rings is 1. The third-order valence-electron chi connectivity index (χ3n) is 2.38. The lowest BCUT2D eigenvalue weighted by Crippen LogP contribution is -1.94. The van der Waals surface area contributed by atoms with Crippen molar-refractivity contribution in [1.29, 1.82) is 0 Å². The van der Waals surface area contributed by atoms with E-state index in [0.717, 1.165) is 11.3 Å². The van der Waals surface area contributed by atoms with Gasteiger partial charge in [0.1, 0.15) is 16.1 Å². The van der Waals surface area contributed by atoms with Gasteiger partial charge in [-0.05, 0) is 31.2 Å². The number of hydrogen-bond donors (Lipinski definition) is 1. The van der Waals surface area contributed by atoms with Gasteiger partial charge in [-0.15, -0.1) is 0 Å². The summed E-state index contributed by atoms with van der Waals surface area (Å²) in [4.78, 5) is 29.4. The zero-order valence-corrected chi connectivity index (χ0v) is 12.1. The largest absolute Gasteiger partial charge is 0.477 e. The number of carbonyl (C=O) groups is 1. The predicted octanol–water partition coefficient (Wildman–Crippen LogP) is 2.91. The van der Waals surface area contributed by atoms with Crippen LogP contribution in [0.4, 0.5) is 5.69 Å². The van der Waals surface area contributed by atoms with Crippen LogP contribution in [-0.2, 0) is 0 Å². The minimum absolute atomic E-state index is 0.0756. The standard InChI is InChI=1S/C11H9N3O4S2/c1-5-3-7(14(17)18)4-12-9(5)20-11-13-6(2)8(19-11)10(15)16/h3-4H,1-2H3,(H,15,16). The number of aromatic carboxylic acids is 1. The van der Waals surface area contributed by atoms with Gasteiger partial charge in [-0.25, -0.2) is 14.8 Å². The molecule has 20 heavy (non-hydrogen) atoms. The molecule has 9 heteroatoms. The van der Waals surface area contributed by atoms with Gasteiger partial charge in [-0.1, -0.05) is 11.3 Å². The SMILES string of the molecule is Cc1cc([N+](=O)[O-])cnc1Sc1nc(C)c(C(=O)O)s1. The molecule has 0 atom stereocenters. The van der Waals surface area contributed by atoms with E-state index in [1.807, 2.05) is 0 Å². The van der Waals surface area contributed by atoms with Crippen LogP contribution in [0.2, 0.25) is 0 Å². The lowest BCUT2D eigenvalue weighted by atomic mass is 10.3. The van der Waals surface area contributed by atoms with Crippen LogP contribution in [-0.4, -0.2) is 26.0 Å². The molecule has 1 N–H and O–H groups in total. The van der Waals surface area contributed by atoms with Gasteiger partial charge in [0, 0.05) is 6.07 Å². The van der Waals surface area contributed by atoms with Crippen LogP contribution in [0.3, 0.4) is 0 Å². The van der Waals surface area contributed by atoms with Gasteiger partial charge in [0.2, 0.25) is 0 Å². The molecule has 0 unspecified atom stereocenters. The number of carboxylic acid groups (broad SMARTS) is 1. The number of nitro groups is 1. The minimum atomic E-state index is -1.01. The topological polar surface area (TPSA) is 106 Å². The first-order valence-corrected chi connectivity index (χ1v) is 7.01. The third kappa shape index (κ3) is 2.94. The van der Waals surface area contributed by atoms with E-state index in [1.165, 1.54) is 24.0 Å². The summed E-state index contributed by atoms with van der Waals surface area (Å²) in [5, 5.41) is 20.2. The fraction of sp³-hybridized carbons (Fsp3) is 0.182. The number of rotatable bonds is 4. The quantitative estimate of drug-likeness (QED) is 0.683. The minimum Gasteiger partial charge on any atom is -0.477 e. The van der Waals surface area contributed by atoms with Crippen molar-refractivity contribution in [1.82, 2.24) is 9.97 Å². The van der Waals surface area contributed by atoms with Gasteiger partial charge < -0.3 is 5.11 Å². The van der Waals surface area contributed by atoms with E-state index in [1.54, 1.807) is 13.8 Å². The highest BCUT2D eigenvalue weighted by Crippen LogP contribution is 2.34. The van der Waals surface area contributed by atoms with Crippen molar-refractivity contribution < 1.29 is 14.8 Å². The Morgan fingerprint density at radius 3 is 2.70 bits per heavy atom. The summed E-state index contributed by atoms with van der Waals surface area (Å²) in [7, 11) is 0. The molecule has 0 aromatic carbocycles. The fourth-order valence-corrected chi connectivity index (χ4v) is 3.42. The summed E-state index contributed by atoms with van der Waals surface area (Å²) in [6.07, 6.45) is 1.17. The predicted molar refractivity (Wildman–Crippen MR) is 73.6 cm³/mol. The highest BCUT2D eigenvalue weighted by Gasteiger charge is 2.17. The number of aryl methyl sites for hydroxylation is 2. The molecule has 0 aliphatic heterocycles. The van der Waals surface area contributed by atoms with Crippen molar-refractivity contribution in [2.75, 3.05) is 0 Å². The van der Waals surface area contributed by atoms with Gasteiger partial charge in [0.15, 0.2) is 4.34 Å².